The van der Waals surface area contributed by atoms with Gasteiger partial charge in [-0.3, -0.25) is 9.59 Å². The molecule has 1 saturated heterocycles. The number of rotatable bonds is 7. The molecule has 2 amide bonds. The number of hydrogen-bond acceptors (Lipinski definition) is 3. The largest absolute Gasteiger partial charge is 0.383 e. The molecule has 0 radical (unpaired) electrons. The van der Waals surface area contributed by atoms with Gasteiger partial charge in [0.2, 0.25) is 11.8 Å². The van der Waals surface area contributed by atoms with Gasteiger partial charge in [-0.2, -0.15) is 0 Å². The fraction of sp³-hybridized carbons (Fsp3) is 0.579. The molecule has 25 heavy (non-hydrogen) atoms. The lowest BCUT2D eigenvalue weighted by Crippen LogP contribution is -2.37. The highest BCUT2D eigenvalue weighted by Gasteiger charge is 2.40. The lowest BCUT2D eigenvalue weighted by atomic mass is 9.88. The Morgan fingerprint density at radius 1 is 1.36 bits per heavy atom. The molecule has 0 spiro atoms. The van der Waals surface area contributed by atoms with Crippen LogP contribution >= 0.6 is 0 Å². The number of carbonyl (C=O) groups excluding carboxylic acids is 2. The predicted octanol–water partition coefficient (Wildman–Crippen LogP) is 2.18. The number of carbonyl (C=O) groups is 2. The summed E-state index contributed by atoms with van der Waals surface area (Å²) < 4.78 is 18.6. The van der Waals surface area contributed by atoms with Crippen LogP contribution in [0.5, 0.6) is 0 Å². The van der Waals surface area contributed by atoms with Crippen molar-refractivity contribution in [3.05, 3.63) is 35.6 Å². The molecule has 0 aliphatic carbocycles. The van der Waals surface area contributed by atoms with Gasteiger partial charge >= 0.3 is 0 Å². The number of benzene rings is 1. The summed E-state index contributed by atoms with van der Waals surface area (Å²) in [4.78, 5) is 26.7. The smallest absolute Gasteiger partial charge is 0.225 e. The molecule has 1 aromatic rings. The van der Waals surface area contributed by atoms with Crippen LogP contribution < -0.4 is 5.32 Å². The summed E-state index contributed by atoms with van der Waals surface area (Å²) in [5, 5.41) is 2.84. The van der Waals surface area contributed by atoms with Crippen molar-refractivity contribution in [2.45, 2.75) is 26.2 Å². The molecule has 0 aromatic heterocycles. The summed E-state index contributed by atoms with van der Waals surface area (Å²) in [6, 6.07) is 6.30. The van der Waals surface area contributed by atoms with Crippen LogP contribution in [0.4, 0.5) is 4.39 Å². The summed E-state index contributed by atoms with van der Waals surface area (Å²) in [5.74, 6) is -0.725. The first kappa shape index (κ1) is 19.4. The van der Waals surface area contributed by atoms with Crippen molar-refractivity contribution < 1.29 is 18.7 Å². The third-order valence-corrected chi connectivity index (χ3v) is 4.47. The van der Waals surface area contributed by atoms with Crippen molar-refractivity contribution in [3.63, 3.8) is 0 Å². The van der Waals surface area contributed by atoms with E-state index in [1.54, 1.807) is 18.1 Å². The number of halogens is 1. The van der Waals surface area contributed by atoms with Gasteiger partial charge in [-0.05, 0) is 23.6 Å². The molecule has 2 rings (SSSR count). The Labute approximate surface area is 148 Å². The van der Waals surface area contributed by atoms with Crippen LogP contribution in [0.1, 0.15) is 31.7 Å². The zero-order valence-corrected chi connectivity index (χ0v) is 15.1. The maximum atomic E-state index is 13.6. The Bertz CT molecular complexity index is 606. The standard InChI is InChI=1S/C19H27FN2O3/c1-13(2)9-18(23)22-11-16(14-5-4-6-15(20)10-14)17(12-22)19(24)21-7-8-25-3/h4-6,10,13,16-17H,7-9,11-12H2,1-3H3,(H,21,24). The molecule has 1 aliphatic heterocycles. The number of likely N-dealkylation sites (tertiary alicyclic amines) is 1. The fourth-order valence-electron chi connectivity index (χ4n) is 3.23. The highest BCUT2D eigenvalue weighted by Crippen LogP contribution is 2.33. The summed E-state index contributed by atoms with van der Waals surface area (Å²) in [7, 11) is 1.57. The molecule has 2 atom stereocenters. The van der Waals surface area contributed by atoms with Crippen molar-refractivity contribution in [1.29, 1.82) is 0 Å². The summed E-state index contributed by atoms with van der Waals surface area (Å²) >= 11 is 0. The van der Waals surface area contributed by atoms with Gasteiger partial charge < -0.3 is 15.0 Å². The predicted molar refractivity (Wildman–Crippen MR) is 93.6 cm³/mol. The van der Waals surface area contributed by atoms with Crippen LogP contribution in [0.25, 0.3) is 0 Å². The van der Waals surface area contributed by atoms with Gasteiger partial charge in [-0.1, -0.05) is 26.0 Å². The molecule has 2 unspecified atom stereocenters. The fourth-order valence-corrected chi connectivity index (χ4v) is 3.23. The van der Waals surface area contributed by atoms with Crippen LogP contribution in [0, 0.1) is 17.7 Å². The minimum Gasteiger partial charge on any atom is -0.383 e. The summed E-state index contributed by atoms with van der Waals surface area (Å²) in [6.45, 7) is 5.64. The van der Waals surface area contributed by atoms with E-state index in [1.165, 1.54) is 12.1 Å². The molecule has 138 valence electrons. The normalized spacial score (nSPS) is 20.1. The van der Waals surface area contributed by atoms with Gasteiger partial charge in [0, 0.05) is 39.1 Å². The van der Waals surface area contributed by atoms with Crippen LogP contribution in [-0.2, 0) is 14.3 Å². The Kier molecular flexibility index (Phi) is 6.93. The van der Waals surface area contributed by atoms with Crippen LogP contribution in [0.2, 0.25) is 0 Å². The first-order chi connectivity index (χ1) is 11.9. The minimum atomic E-state index is -0.380. The van der Waals surface area contributed by atoms with E-state index in [0.717, 1.165) is 5.56 Å². The topological polar surface area (TPSA) is 58.6 Å². The van der Waals surface area contributed by atoms with E-state index < -0.39 is 0 Å². The van der Waals surface area contributed by atoms with Crippen LogP contribution in [0.3, 0.4) is 0 Å². The minimum absolute atomic E-state index is 0.0450. The van der Waals surface area contributed by atoms with Crippen LogP contribution in [0.15, 0.2) is 24.3 Å². The van der Waals surface area contributed by atoms with Crippen molar-refractivity contribution in [3.8, 4) is 0 Å². The second-order valence-corrected chi connectivity index (χ2v) is 6.95. The second kappa shape index (κ2) is 8.94. The third-order valence-electron chi connectivity index (χ3n) is 4.47. The van der Waals surface area contributed by atoms with E-state index >= 15 is 0 Å². The molecule has 6 heteroatoms. The monoisotopic (exact) mass is 350 g/mol. The number of amides is 2. The van der Waals surface area contributed by atoms with E-state index in [4.69, 9.17) is 4.74 Å². The van der Waals surface area contributed by atoms with Gasteiger partial charge in [-0.25, -0.2) is 4.39 Å². The Morgan fingerprint density at radius 2 is 2.12 bits per heavy atom. The highest BCUT2D eigenvalue weighted by molar-refractivity contribution is 5.83. The molecule has 1 aliphatic rings. The van der Waals surface area contributed by atoms with Crippen LogP contribution in [-0.4, -0.2) is 50.1 Å². The molecular weight excluding hydrogens is 323 g/mol. The Hall–Kier alpha value is -1.95. The number of methoxy groups -OCH3 is 1. The average Bonchev–Trinajstić information content (AvgIpc) is 3.00. The quantitative estimate of drug-likeness (QED) is 0.767. The SMILES string of the molecule is COCCNC(=O)C1CN(C(=O)CC(C)C)CC1c1cccc(F)c1. The number of ether oxygens (including phenoxy) is 1. The van der Waals surface area contributed by atoms with Crippen molar-refractivity contribution in [2.75, 3.05) is 33.4 Å². The summed E-state index contributed by atoms with van der Waals surface area (Å²) in [5.41, 5.74) is 0.756. The average molecular weight is 350 g/mol. The molecular formula is C19H27FN2O3. The number of hydrogen-bond donors (Lipinski definition) is 1. The van der Waals surface area contributed by atoms with Crippen molar-refractivity contribution >= 4 is 11.8 Å². The molecule has 1 heterocycles. The Morgan fingerprint density at radius 3 is 2.76 bits per heavy atom. The van der Waals surface area contributed by atoms with E-state index in [2.05, 4.69) is 5.32 Å². The molecule has 0 saturated carbocycles. The summed E-state index contributed by atoms with van der Waals surface area (Å²) in [6.07, 6.45) is 0.452. The van der Waals surface area contributed by atoms with E-state index in [0.29, 0.717) is 32.7 Å². The van der Waals surface area contributed by atoms with E-state index in [9.17, 15) is 14.0 Å². The molecule has 1 N–H and O–H groups in total. The van der Waals surface area contributed by atoms with Gasteiger partial charge in [0.15, 0.2) is 0 Å². The first-order valence-electron chi connectivity index (χ1n) is 8.72. The molecule has 1 aromatic carbocycles. The molecule has 5 nitrogen and oxygen atoms in total. The van der Waals surface area contributed by atoms with E-state index in [1.807, 2.05) is 19.9 Å². The van der Waals surface area contributed by atoms with Gasteiger partial charge in [0.05, 0.1) is 12.5 Å². The maximum absolute atomic E-state index is 13.6. The maximum Gasteiger partial charge on any atom is 0.225 e. The Balaban J connectivity index is 2.16. The second-order valence-electron chi connectivity index (χ2n) is 6.95. The molecule has 0 bridgehead atoms. The molecule has 1 fully saturated rings. The lowest BCUT2D eigenvalue weighted by Gasteiger charge is -2.18. The van der Waals surface area contributed by atoms with E-state index in [-0.39, 0.29) is 35.4 Å². The first-order valence-corrected chi connectivity index (χ1v) is 8.72. The highest BCUT2D eigenvalue weighted by atomic mass is 19.1. The zero-order chi connectivity index (χ0) is 18.4. The van der Waals surface area contributed by atoms with Crippen molar-refractivity contribution in [2.24, 2.45) is 11.8 Å². The van der Waals surface area contributed by atoms with Crippen molar-refractivity contribution in [1.82, 2.24) is 10.2 Å². The lowest BCUT2D eigenvalue weighted by molar-refractivity contribution is -0.131. The van der Waals surface area contributed by atoms with Gasteiger partial charge in [0.25, 0.3) is 0 Å². The number of nitrogens with one attached hydrogen (secondary N) is 1. The van der Waals surface area contributed by atoms with Gasteiger partial charge in [-0.15, -0.1) is 0 Å². The zero-order valence-electron chi connectivity index (χ0n) is 15.1. The number of nitrogens with zero attached hydrogens (tertiary/aromatic N) is 1. The van der Waals surface area contributed by atoms with Gasteiger partial charge in [0.1, 0.15) is 5.82 Å². The third kappa shape index (κ3) is 5.26.